The highest BCUT2D eigenvalue weighted by molar-refractivity contribution is 5.43. The summed E-state index contributed by atoms with van der Waals surface area (Å²) in [5.74, 6) is 0.914. The van der Waals surface area contributed by atoms with Crippen LogP contribution >= 0.6 is 0 Å². The van der Waals surface area contributed by atoms with Crippen LogP contribution in [0.15, 0.2) is 18.2 Å². The number of nitro groups is 1. The lowest BCUT2D eigenvalue weighted by atomic mass is 10.0. The molecule has 4 nitrogen and oxygen atoms in total. The van der Waals surface area contributed by atoms with E-state index in [2.05, 4.69) is 12.2 Å². The largest absolute Gasteiger partial charge is 0.310 e. The van der Waals surface area contributed by atoms with Crippen LogP contribution in [0.5, 0.6) is 0 Å². The highest BCUT2D eigenvalue weighted by atomic mass is 16.6. The molecule has 0 aliphatic heterocycles. The van der Waals surface area contributed by atoms with Crippen LogP contribution in [0, 0.1) is 23.0 Å². The molecular weight excluding hydrogens is 228 g/mol. The molecule has 0 amide bonds. The second-order valence-electron chi connectivity index (χ2n) is 5.21. The van der Waals surface area contributed by atoms with E-state index in [1.165, 1.54) is 19.3 Å². The fourth-order valence-corrected chi connectivity index (χ4v) is 2.12. The van der Waals surface area contributed by atoms with Crippen LogP contribution < -0.4 is 5.32 Å². The molecule has 1 unspecified atom stereocenters. The average Bonchev–Trinajstić information content (AvgIpc) is 3.13. The van der Waals surface area contributed by atoms with Crippen molar-refractivity contribution in [3.8, 4) is 0 Å². The van der Waals surface area contributed by atoms with Crippen molar-refractivity contribution in [1.82, 2.24) is 5.32 Å². The van der Waals surface area contributed by atoms with Gasteiger partial charge in [-0.3, -0.25) is 10.1 Å². The minimum atomic E-state index is -0.310. The van der Waals surface area contributed by atoms with Gasteiger partial charge in [-0.25, -0.2) is 0 Å². The standard InChI is InChI=1S/C14H20N2O2/c1-10-3-6-13(9-14(10)16(17)18)11(2)15-8-7-12-4-5-12/h3,6,9,11-12,15H,4-5,7-8H2,1-2H3. The summed E-state index contributed by atoms with van der Waals surface area (Å²) >= 11 is 0. The van der Waals surface area contributed by atoms with Gasteiger partial charge in [0.25, 0.3) is 5.69 Å². The quantitative estimate of drug-likeness (QED) is 0.620. The molecule has 1 aliphatic carbocycles. The Morgan fingerprint density at radius 3 is 2.83 bits per heavy atom. The smallest absolute Gasteiger partial charge is 0.272 e. The Bertz CT molecular complexity index is 441. The van der Waals surface area contributed by atoms with Crippen molar-refractivity contribution in [3.05, 3.63) is 39.4 Å². The van der Waals surface area contributed by atoms with Gasteiger partial charge in [0.2, 0.25) is 0 Å². The number of hydrogen-bond donors (Lipinski definition) is 1. The molecule has 1 N–H and O–H groups in total. The van der Waals surface area contributed by atoms with E-state index < -0.39 is 0 Å². The van der Waals surface area contributed by atoms with Crippen molar-refractivity contribution in [2.24, 2.45) is 5.92 Å². The molecule has 0 saturated heterocycles. The average molecular weight is 248 g/mol. The van der Waals surface area contributed by atoms with Gasteiger partial charge in [-0.2, -0.15) is 0 Å². The monoisotopic (exact) mass is 248 g/mol. The van der Waals surface area contributed by atoms with E-state index in [0.29, 0.717) is 5.56 Å². The highest BCUT2D eigenvalue weighted by Crippen LogP contribution is 2.32. The predicted molar refractivity (Wildman–Crippen MR) is 71.6 cm³/mol. The Kier molecular flexibility index (Phi) is 3.97. The van der Waals surface area contributed by atoms with Crippen LogP contribution in [-0.2, 0) is 0 Å². The van der Waals surface area contributed by atoms with E-state index in [4.69, 9.17) is 0 Å². The first-order valence-electron chi connectivity index (χ1n) is 6.56. The lowest BCUT2D eigenvalue weighted by molar-refractivity contribution is -0.385. The van der Waals surface area contributed by atoms with E-state index in [1.54, 1.807) is 13.0 Å². The second kappa shape index (κ2) is 5.48. The van der Waals surface area contributed by atoms with Crippen molar-refractivity contribution in [1.29, 1.82) is 0 Å². The predicted octanol–water partition coefficient (Wildman–Crippen LogP) is 3.35. The third kappa shape index (κ3) is 3.29. The number of rotatable bonds is 6. The van der Waals surface area contributed by atoms with Gasteiger partial charge in [0.05, 0.1) is 4.92 Å². The molecule has 1 atom stereocenters. The summed E-state index contributed by atoms with van der Waals surface area (Å²) in [6.45, 7) is 4.82. The van der Waals surface area contributed by atoms with Crippen molar-refractivity contribution in [2.45, 2.75) is 39.2 Å². The summed E-state index contributed by atoms with van der Waals surface area (Å²) in [6.07, 6.45) is 3.95. The molecule has 4 heteroatoms. The summed E-state index contributed by atoms with van der Waals surface area (Å²) in [5.41, 5.74) is 1.92. The molecule has 1 aromatic carbocycles. The lowest BCUT2D eigenvalue weighted by Gasteiger charge is -2.14. The number of hydrogen-bond acceptors (Lipinski definition) is 3. The van der Waals surface area contributed by atoms with E-state index >= 15 is 0 Å². The molecule has 1 aromatic rings. The third-order valence-corrected chi connectivity index (χ3v) is 3.63. The van der Waals surface area contributed by atoms with Gasteiger partial charge in [0.15, 0.2) is 0 Å². The zero-order chi connectivity index (χ0) is 13.1. The van der Waals surface area contributed by atoms with Gasteiger partial charge in [-0.05, 0) is 38.3 Å². The molecular formula is C14H20N2O2. The molecule has 1 aliphatic rings. The minimum absolute atomic E-state index is 0.169. The van der Waals surface area contributed by atoms with Crippen molar-refractivity contribution in [2.75, 3.05) is 6.54 Å². The van der Waals surface area contributed by atoms with Crippen LogP contribution in [-0.4, -0.2) is 11.5 Å². The summed E-state index contributed by atoms with van der Waals surface area (Å²) in [7, 11) is 0. The van der Waals surface area contributed by atoms with Crippen LogP contribution in [0.25, 0.3) is 0 Å². The first-order valence-corrected chi connectivity index (χ1v) is 6.56. The summed E-state index contributed by atoms with van der Waals surface area (Å²) < 4.78 is 0. The number of nitro benzene ring substituents is 1. The van der Waals surface area contributed by atoms with E-state index in [0.717, 1.165) is 18.0 Å². The maximum atomic E-state index is 10.9. The van der Waals surface area contributed by atoms with Gasteiger partial charge in [-0.1, -0.05) is 25.0 Å². The summed E-state index contributed by atoms with van der Waals surface area (Å²) in [5, 5.41) is 14.3. The van der Waals surface area contributed by atoms with Crippen LogP contribution in [0.4, 0.5) is 5.69 Å². The fourth-order valence-electron chi connectivity index (χ4n) is 2.12. The molecule has 0 aromatic heterocycles. The molecule has 0 spiro atoms. The highest BCUT2D eigenvalue weighted by Gasteiger charge is 2.21. The molecule has 1 fully saturated rings. The van der Waals surface area contributed by atoms with Gasteiger partial charge < -0.3 is 5.32 Å². The first kappa shape index (κ1) is 13.0. The van der Waals surface area contributed by atoms with Crippen LogP contribution in [0.2, 0.25) is 0 Å². The second-order valence-corrected chi connectivity index (χ2v) is 5.21. The Hall–Kier alpha value is -1.42. The third-order valence-electron chi connectivity index (χ3n) is 3.63. The molecule has 2 rings (SSSR count). The zero-order valence-corrected chi connectivity index (χ0v) is 11.0. The Labute approximate surface area is 108 Å². The Balaban J connectivity index is 1.97. The number of benzene rings is 1. The van der Waals surface area contributed by atoms with Gasteiger partial charge in [-0.15, -0.1) is 0 Å². The molecule has 0 heterocycles. The van der Waals surface area contributed by atoms with Crippen molar-refractivity contribution in [3.63, 3.8) is 0 Å². The summed E-state index contributed by atoms with van der Waals surface area (Å²) in [6, 6.07) is 5.65. The minimum Gasteiger partial charge on any atom is -0.310 e. The number of nitrogens with zero attached hydrogens (tertiary/aromatic N) is 1. The topological polar surface area (TPSA) is 55.2 Å². The van der Waals surface area contributed by atoms with Crippen molar-refractivity contribution >= 4 is 5.69 Å². The maximum Gasteiger partial charge on any atom is 0.272 e. The Morgan fingerprint density at radius 1 is 1.50 bits per heavy atom. The molecule has 0 bridgehead atoms. The zero-order valence-electron chi connectivity index (χ0n) is 11.0. The van der Waals surface area contributed by atoms with Gasteiger partial charge >= 0.3 is 0 Å². The van der Waals surface area contributed by atoms with E-state index in [1.807, 2.05) is 12.1 Å². The van der Waals surface area contributed by atoms with E-state index in [-0.39, 0.29) is 16.7 Å². The van der Waals surface area contributed by atoms with Crippen LogP contribution in [0.1, 0.15) is 43.4 Å². The molecule has 98 valence electrons. The van der Waals surface area contributed by atoms with Gasteiger partial charge in [0.1, 0.15) is 0 Å². The normalized spacial score (nSPS) is 16.6. The number of nitrogens with one attached hydrogen (secondary N) is 1. The molecule has 18 heavy (non-hydrogen) atoms. The summed E-state index contributed by atoms with van der Waals surface area (Å²) in [4.78, 5) is 10.6. The van der Waals surface area contributed by atoms with Crippen LogP contribution in [0.3, 0.4) is 0 Å². The Morgan fingerprint density at radius 2 is 2.22 bits per heavy atom. The van der Waals surface area contributed by atoms with Gasteiger partial charge in [0, 0.05) is 17.7 Å². The van der Waals surface area contributed by atoms with Crippen molar-refractivity contribution < 1.29 is 4.92 Å². The SMILES string of the molecule is Cc1ccc(C(C)NCCC2CC2)cc1[N+](=O)[O-]. The molecule has 1 saturated carbocycles. The lowest BCUT2D eigenvalue weighted by Crippen LogP contribution is -2.20. The first-order chi connectivity index (χ1) is 8.58. The molecule has 0 radical (unpaired) electrons. The maximum absolute atomic E-state index is 10.9. The fraction of sp³-hybridized carbons (Fsp3) is 0.571. The van der Waals surface area contributed by atoms with E-state index in [9.17, 15) is 10.1 Å². The number of aryl methyl sites for hydroxylation is 1.